The van der Waals surface area contributed by atoms with Crippen molar-refractivity contribution in [3.63, 3.8) is 0 Å². The van der Waals surface area contributed by atoms with Crippen LogP contribution in [0.5, 0.6) is 0 Å². The second-order valence-corrected chi connectivity index (χ2v) is 15.7. The Morgan fingerprint density at radius 2 is 1.73 bits per heavy atom. The van der Waals surface area contributed by atoms with Crippen molar-refractivity contribution >= 4 is 14.2 Å². The number of allylic oxidation sites excluding steroid dienone is 1. The number of β-lactam (4-membered cyclic amide) rings is 1. The molecule has 176 valence electrons. The van der Waals surface area contributed by atoms with Crippen LogP contribution in [0.15, 0.2) is 51.6 Å². The first-order valence-electron chi connectivity index (χ1n) is 11.6. The van der Waals surface area contributed by atoms with Crippen LogP contribution in [-0.4, -0.2) is 51.7 Å². The van der Waals surface area contributed by atoms with Crippen LogP contribution >= 0.6 is 0 Å². The van der Waals surface area contributed by atoms with Gasteiger partial charge in [-0.1, -0.05) is 45.0 Å². The van der Waals surface area contributed by atoms with Gasteiger partial charge in [0.15, 0.2) is 8.32 Å². The van der Waals surface area contributed by atoms with Gasteiger partial charge in [0.1, 0.15) is 0 Å². The van der Waals surface area contributed by atoms with E-state index in [2.05, 4.69) is 33.9 Å². The standard InChI is InChI=1S/C24H32N4O4Si/c1-15(32-33(5,6)24(2,3)4)19-20-17-12-13-26-22(30)27(16-10-8-7-9-11-16)23(31)28(26)18(17)14-25(20)21(19)29/h7-12,15,18-20H,13-14H2,1-6H3/t15-,18-,19-,20-/m1/s1. The summed E-state index contributed by atoms with van der Waals surface area (Å²) in [4.78, 5) is 41.4. The van der Waals surface area contributed by atoms with Crippen molar-refractivity contribution in [3.8, 4) is 5.69 Å². The molecule has 1 aromatic carbocycles. The fourth-order valence-electron chi connectivity index (χ4n) is 5.26. The molecule has 2 saturated heterocycles. The Balaban J connectivity index is 1.47. The lowest BCUT2D eigenvalue weighted by Gasteiger charge is -2.48. The number of benzene rings is 1. The Kier molecular flexibility index (Phi) is 4.81. The smallest absolute Gasteiger partial charge is 0.352 e. The molecule has 0 unspecified atom stereocenters. The largest absolute Gasteiger partial charge is 0.413 e. The predicted molar refractivity (Wildman–Crippen MR) is 128 cm³/mol. The molecular weight excluding hydrogens is 436 g/mol. The van der Waals surface area contributed by atoms with Crippen LogP contribution in [0.1, 0.15) is 33.7 Å². The Bertz CT molecular complexity index is 1260. The van der Waals surface area contributed by atoms with E-state index in [-0.39, 0.29) is 46.4 Å². The first kappa shape index (κ1) is 22.2. The van der Waals surface area contributed by atoms with Gasteiger partial charge in [-0.2, -0.15) is 0 Å². The summed E-state index contributed by atoms with van der Waals surface area (Å²) in [5.74, 6) is -0.175. The number of hydrogen-bond donors (Lipinski definition) is 0. The summed E-state index contributed by atoms with van der Waals surface area (Å²) < 4.78 is 10.8. The van der Waals surface area contributed by atoms with Gasteiger partial charge in [-0.15, -0.1) is 0 Å². The van der Waals surface area contributed by atoms with Crippen LogP contribution in [0, 0.1) is 5.92 Å². The van der Waals surface area contributed by atoms with E-state index in [1.807, 2.05) is 24.0 Å². The van der Waals surface area contributed by atoms with Crippen molar-refractivity contribution in [3.05, 3.63) is 62.9 Å². The third kappa shape index (κ3) is 3.08. The van der Waals surface area contributed by atoms with E-state index in [9.17, 15) is 14.4 Å². The number of carbonyl (C=O) groups is 1. The molecule has 0 saturated carbocycles. The number of nitrogens with zero attached hydrogens (tertiary/aromatic N) is 4. The quantitative estimate of drug-likeness (QED) is 0.392. The summed E-state index contributed by atoms with van der Waals surface area (Å²) in [6, 6.07) is 8.58. The van der Waals surface area contributed by atoms with E-state index < -0.39 is 8.32 Å². The van der Waals surface area contributed by atoms with Gasteiger partial charge < -0.3 is 9.33 Å². The number of carbonyl (C=O) groups excluding carboxylic acids is 1. The molecule has 0 spiro atoms. The van der Waals surface area contributed by atoms with Crippen molar-refractivity contribution in [2.24, 2.45) is 5.92 Å². The number of amides is 1. The lowest BCUT2D eigenvalue weighted by atomic mass is 9.81. The highest BCUT2D eigenvalue weighted by atomic mass is 28.4. The molecule has 0 bridgehead atoms. The number of fused-ring (bicyclic) bond motifs is 5. The van der Waals surface area contributed by atoms with E-state index in [1.54, 1.807) is 28.9 Å². The van der Waals surface area contributed by atoms with E-state index in [0.717, 1.165) is 5.57 Å². The van der Waals surface area contributed by atoms with Crippen molar-refractivity contribution in [2.45, 2.75) is 70.6 Å². The zero-order valence-corrected chi connectivity index (χ0v) is 21.1. The molecule has 5 rings (SSSR count). The van der Waals surface area contributed by atoms with Gasteiger partial charge in [0, 0.05) is 6.54 Å². The summed E-state index contributed by atoms with van der Waals surface area (Å²) in [7, 11) is -2.03. The lowest BCUT2D eigenvalue weighted by molar-refractivity contribution is -0.156. The molecule has 4 heterocycles. The average Bonchev–Trinajstić information content (AvgIpc) is 3.19. The first-order valence-corrected chi connectivity index (χ1v) is 14.5. The predicted octanol–water partition coefficient (Wildman–Crippen LogP) is 2.53. The van der Waals surface area contributed by atoms with Crippen molar-refractivity contribution in [1.29, 1.82) is 0 Å². The minimum absolute atomic E-state index is 0.0553. The fraction of sp³-hybridized carbons (Fsp3) is 0.542. The highest BCUT2D eigenvalue weighted by Crippen LogP contribution is 2.48. The molecule has 0 aliphatic carbocycles. The van der Waals surface area contributed by atoms with Gasteiger partial charge >= 0.3 is 11.4 Å². The van der Waals surface area contributed by atoms with Crippen LogP contribution in [0.2, 0.25) is 18.1 Å². The van der Waals surface area contributed by atoms with Crippen LogP contribution in [0.3, 0.4) is 0 Å². The summed E-state index contributed by atoms with van der Waals surface area (Å²) in [5.41, 5.74) is 0.889. The molecular formula is C24H32N4O4Si. The lowest BCUT2D eigenvalue weighted by Crippen LogP contribution is -2.63. The molecule has 3 aliphatic rings. The molecule has 2 fully saturated rings. The zero-order valence-electron chi connectivity index (χ0n) is 20.1. The molecule has 2 aromatic rings. The van der Waals surface area contributed by atoms with Gasteiger partial charge in [-0.3, -0.25) is 4.79 Å². The molecule has 9 heteroatoms. The van der Waals surface area contributed by atoms with Gasteiger partial charge in [0.05, 0.1) is 36.3 Å². The van der Waals surface area contributed by atoms with Crippen LogP contribution < -0.4 is 11.4 Å². The average molecular weight is 469 g/mol. The molecule has 33 heavy (non-hydrogen) atoms. The zero-order chi connectivity index (χ0) is 23.9. The number of para-hydroxylation sites is 1. The molecule has 1 aromatic heterocycles. The second-order valence-electron chi connectivity index (χ2n) is 10.9. The summed E-state index contributed by atoms with van der Waals surface area (Å²) in [6.07, 6.45) is 1.83. The van der Waals surface area contributed by atoms with Gasteiger partial charge in [0.25, 0.3) is 0 Å². The third-order valence-corrected chi connectivity index (χ3v) is 12.6. The minimum atomic E-state index is -2.03. The van der Waals surface area contributed by atoms with Crippen molar-refractivity contribution in [1.82, 2.24) is 18.8 Å². The highest BCUT2D eigenvalue weighted by molar-refractivity contribution is 6.74. The van der Waals surface area contributed by atoms with Crippen LogP contribution in [-0.2, 0) is 15.8 Å². The minimum Gasteiger partial charge on any atom is -0.413 e. The monoisotopic (exact) mass is 468 g/mol. The second kappa shape index (κ2) is 7.17. The number of hydrogen-bond acceptors (Lipinski definition) is 4. The molecule has 3 aliphatic heterocycles. The maximum absolute atomic E-state index is 13.4. The summed E-state index contributed by atoms with van der Waals surface area (Å²) >= 11 is 0. The maximum Gasteiger partial charge on any atom is 0.352 e. The van der Waals surface area contributed by atoms with Crippen molar-refractivity contribution < 1.29 is 9.22 Å². The van der Waals surface area contributed by atoms with Crippen LogP contribution in [0.25, 0.3) is 5.69 Å². The summed E-state index contributed by atoms with van der Waals surface area (Å²) in [5, 5.41) is 0.0553. The Labute approximate surface area is 194 Å². The van der Waals surface area contributed by atoms with Gasteiger partial charge in [-0.25, -0.2) is 23.5 Å². The SMILES string of the molecule is C[C@@H](O[Si](C)(C)C(C)(C)C)[C@H]1C(=O)N2C[C@@H]3C(=CCn4c(=O)n(-c5ccccc5)c(=O)n43)[C@H]12. The fourth-order valence-corrected chi connectivity index (χ4v) is 6.68. The third-order valence-electron chi connectivity index (χ3n) is 8.00. The Morgan fingerprint density at radius 3 is 2.36 bits per heavy atom. The van der Waals surface area contributed by atoms with E-state index in [0.29, 0.717) is 18.8 Å². The van der Waals surface area contributed by atoms with Crippen molar-refractivity contribution in [2.75, 3.05) is 6.54 Å². The molecule has 4 atom stereocenters. The summed E-state index contributed by atoms with van der Waals surface area (Å²) in [6.45, 7) is 13.7. The number of rotatable bonds is 4. The molecule has 0 radical (unpaired) electrons. The highest BCUT2D eigenvalue weighted by Gasteiger charge is 2.59. The van der Waals surface area contributed by atoms with E-state index in [1.165, 1.54) is 9.25 Å². The first-order chi connectivity index (χ1) is 15.4. The maximum atomic E-state index is 13.4. The normalized spacial score (nSPS) is 25.2. The molecule has 0 N–H and O–H groups in total. The van der Waals surface area contributed by atoms with E-state index >= 15 is 0 Å². The number of aromatic nitrogens is 3. The van der Waals surface area contributed by atoms with Gasteiger partial charge in [-0.05, 0) is 42.8 Å². The van der Waals surface area contributed by atoms with Gasteiger partial charge in [0.2, 0.25) is 5.91 Å². The Morgan fingerprint density at radius 1 is 1.06 bits per heavy atom. The topological polar surface area (TPSA) is 78.5 Å². The molecule has 8 nitrogen and oxygen atoms in total. The van der Waals surface area contributed by atoms with Crippen LogP contribution in [0.4, 0.5) is 0 Å². The Hall–Kier alpha value is -2.65. The van der Waals surface area contributed by atoms with E-state index in [4.69, 9.17) is 4.43 Å². The molecule has 1 amide bonds.